The van der Waals surface area contributed by atoms with E-state index in [0.717, 1.165) is 11.3 Å². The largest absolute Gasteiger partial charge is 0.376 e. The number of anilines is 2. The molecule has 0 saturated carbocycles. The second kappa shape index (κ2) is 7.08. The summed E-state index contributed by atoms with van der Waals surface area (Å²) in [6, 6.07) is 11.9. The van der Waals surface area contributed by atoms with Crippen LogP contribution in [0.15, 0.2) is 42.5 Å². The van der Waals surface area contributed by atoms with Crippen LogP contribution in [-0.4, -0.2) is 32.7 Å². The van der Waals surface area contributed by atoms with Gasteiger partial charge >= 0.3 is 0 Å². The lowest BCUT2D eigenvalue weighted by Crippen LogP contribution is -2.21. The van der Waals surface area contributed by atoms with Gasteiger partial charge in [-0.2, -0.15) is 4.68 Å². The fourth-order valence-electron chi connectivity index (χ4n) is 2.26. The third kappa shape index (κ3) is 3.97. The molecule has 2 N–H and O–H groups in total. The average Bonchev–Trinajstić information content (AvgIpc) is 3.02. The molecule has 0 saturated heterocycles. The Morgan fingerprint density at radius 1 is 1.12 bits per heavy atom. The van der Waals surface area contributed by atoms with Crippen LogP contribution < -0.4 is 10.6 Å². The number of carbonyl (C=O) groups excluding carboxylic acids is 1. The smallest absolute Gasteiger partial charge is 0.243 e. The molecule has 3 aromatic rings. The summed E-state index contributed by atoms with van der Waals surface area (Å²) < 4.78 is 15.3. The molecular weight excluding hydrogens is 323 g/mol. The molecule has 8 heteroatoms. The van der Waals surface area contributed by atoms with Gasteiger partial charge < -0.3 is 10.6 Å². The Morgan fingerprint density at radius 3 is 2.52 bits per heavy atom. The molecule has 25 heavy (non-hydrogen) atoms. The van der Waals surface area contributed by atoms with Crippen LogP contribution >= 0.6 is 0 Å². The molecule has 0 unspecified atom stereocenters. The zero-order chi connectivity index (χ0) is 17.8. The molecule has 0 bridgehead atoms. The van der Waals surface area contributed by atoms with Crippen LogP contribution in [0.1, 0.15) is 11.4 Å². The van der Waals surface area contributed by atoms with Crippen molar-refractivity contribution in [1.82, 2.24) is 20.2 Å². The summed E-state index contributed by atoms with van der Waals surface area (Å²) in [6.45, 7) is 3.70. The summed E-state index contributed by atoms with van der Waals surface area (Å²) >= 11 is 0. The fourth-order valence-corrected chi connectivity index (χ4v) is 2.26. The van der Waals surface area contributed by atoms with Gasteiger partial charge in [0.05, 0.1) is 6.54 Å². The molecule has 7 nitrogen and oxygen atoms in total. The van der Waals surface area contributed by atoms with Crippen LogP contribution in [0.2, 0.25) is 0 Å². The van der Waals surface area contributed by atoms with Crippen LogP contribution in [0.25, 0.3) is 5.69 Å². The first-order valence-electron chi connectivity index (χ1n) is 7.68. The highest BCUT2D eigenvalue weighted by atomic mass is 19.1. The van der Waals surface area contributed by atoms with Crippen molar-refractivity contribution in [3.05, 3.63) is 59.7 Å². The van der Waals surface area contributed by atoms with E-state index in [1.807, 2.05) is 31.2 Å². The van der Waals surface area contributed by atoms with Crippen molar-refractivity contribution in [2.75, 3.05) is 17.2 Å². The lowest BCUT2D eigenvalue weighted by molar-refractivity contribution is -0.114. The van der Waals surface area contributed by atoms with Crippen molar-refractivity contribution >= 4 is 17.3 Å². The van der Waals surface area contributed by atoms with Gasteiger partial charge in [-0.05, 0) is 54.6 Å². The van der Waals surface area contributed by atoms with Crippen LogP contribution in [-0.2, 0) is 4.79 Å². The van der Waals surface area contributed by atoms with Crippen LogP contribution in [0.4, 0.5) is 15.8 Å². The Kier molecular flexibility index (Phi) is 4.69. The molecule has 2 aromatic carbocycles. The molecule has 0 atom stereocenters. The van der Waals surface area contributed by atoms with E-state index < -0.39 is 5.82 Å². The lowest BCUT2D eigenvalue weighted by atomic mass is 10.2. The maximum Gasteiger partial charge on any atom is 0.243 e. The van der Waals surface area contributed by atoms with Gasteiger partial charge in [0.1, 0.15) is 11.5 Å². The maximum absolute atomic E-state index is 14.0. The Morgan fingerprint density at radius 2 is 1.84 bits per heavy atom. The fraction of sp³-hybridized carbons (Fsp3) is 0.176. The zero-order valence-corrected chi connectivity index (χ0v) is 13.8. The highest BCUT2D eigenvalue weighted by Gasteiger charge is 2.11. The summed E-state index contributed by atoms with van der Waals surface area (Å²) in [5, 5.41) is 16.8. The van der Waals surface area contributed by atoms with Gasteiger partial charge in [0, 0.05) is 11.4 Å². The first-order valence-corrected chi connectivity index (χ1v) is 7.68. The number of rotatable bonds is 5. The number of amides is 1. The third-order valence-electron chi connectivity index (χ3n) is 3.59. The van der Waals surface area contributed by atoms with Gasteiger partial charge in [-0.1, -0.05) is 17.7 Å². The number of nitrogens with zero attached hydrogens (tertiary/aromatic N) is 4. The monoisotopic (exact) mass is 340 g/mol. The number of carbonyl (C=O) groups is 1. The average molecular weight is 340 g/mol. The summed E-state index contributed by atoms with van der Waals surface area (Å²) in [5.74, 6) is -0.188. The molecule has 1 amide bonds. The quantitative estimate of drug-likeness (QED) is 0.745. The Balaban J connectivity index is 1.66. The van der Waals surface area contributed by atoms with Crippen molar-refractivity contribution in [1.29, 1.82) is 0 Å². The maximum atomic E-state index is 14.0. The van der Waals surface area contributed by atoms with Gasteiger partial charge in [-0.15, -0.1) is 5.10 Å². The number of halogens is 1. The SMILES string of the molecule is Cc1ccc(NC(=O)CNc2ccc(F)c(-n3nnnc3C)c2)cc1. The number of hydrogen-bond donors (Lipinski definition) is 2. The standard InChI is InChI=1S/C17H17FN6O/c1-11-3-5-13(6-4-11)20-17(25)10-19-14-7-8-15(18)16(9-14)24-12(2)21-22-23-24/h3-9,19H,10H2,1-2H3,(H,20,25). The number of nitrogens with one attached hydrogen (secondary N) is 2. The topological polar surface area (TPSA) is 84.7 Å². The first-order chi connectivity index (χ1) is 12.0. The predicted octanol–water partition coefficient (Wildman–Crippen LogP) is 2.47. The molecule has 1 heterocycles. The molecule has 0 fully saturated rings. The second-order valence-electron chi connectivity index (χ2n) is 5.57. The summed E-state index contributed by atoms with van der Waals surface area (Å²) in [4.78, 5) is 12.0. The number of aromatic nitrogens is 4. The lowest BCUT2D eigenvalue weighted by Gasteiger charge is -2.10. The second-order valence-corrected chi connectivity index (χ2v) is 5.57. The van der Waals surface area contributed by atoms with Crippen molar-refractivity contribution in [3.63, 3.8) is 0 Å². The van der Waals surface area contributed by atoms with E-state index in [2.05, 4.69) is 26.2 Å². The van der Waals surface area contributed by atoms with Gasteiger partial charge in [-0.25, -0.2) is 4.39 Å². The Bertz CT molecular complexity index is 890. The molecule has 0 aliphatic rings. The van der Waals surface area contributed by atoms with Gasteiger partial charge in [0.2, 0.25) is 5.91 Å². The number of hydrogen-bond acceptors (Lipinski definition) is 5. The molecule has 0 aliphatic heterocycles. The minimum atomic E-state index is -0.454. The summed E-state index contributed by atoms with van der Waals surface area (Å²) in [5.41, 5.74) is 2.64. The highest BCUT2D eigenvalue weighted by molar-refractivity contribution is 5.93. The minimum Gasteiger partial charge on any atom is -0.376 e. The molecule has 128 valence electrons. The Hall–Kier alpha value is -3.29. The summed E-state index contributed by atoms with van der Waals surface area (Å²) in [7, 11) is 0. The van der Waals surface area contributed by atoms with Crippen molar-refractivity contribution in [2.45, 2.75) is 13.8 Å². The third-order valence-corrected chi connectivity index (χ3v) is 3.59. The van der Waals surface area contributed by atoms with Crippen molar-refractivity contribution < 1.29 is 9.18 Å². The first kappa shape index (κ1) is 16.6. The molecule has 1 aromatic heterocycles. The minimum absolute atomic E-state index is 0.0491. The van der Waals surface area contributed by atoms with E-state index in [-0.39, 0.29) is 18.1 Å². The van der Waals surface area contributed by atoms with Crippen LogP contribution in [0.5, 0.6) is 0 Å². The van der Waals surface area contributed by atoms with Crippen molar-refractivity contribution in [2.24, 2.45) is 0 Å². The van der Waals surface area contributed by atoms with E-state index in [9.17, 15) is 9.18 Å². The van der Waals surface area contributed by atoms with Gasteiger partial charge in [0.15, 0.2) is 5.82 Å². The van der Waals surface area contributed by atoms with Crippen LogP contribution in [0, 0.1) is 19.7 Å². The van der Waals surface area contributed by atoms with E-state index >= 15 is 0 Å². The van der Waals surface area contributed by atoms with Gasteiger partial charge in [-0.3, -0.25) is 4.79 Å². The van der Waals surface area contributed by atoms with Crippen molar-refractivity contribution in [3.8, 4) is 5.69 Å². The van der Waals surface area contributed by atoms with Gasteiger partial charge in [0.25, 0.3) is 0 Å². The number of aryl methyl sites for hydroxylation is 2. The highest BCUT2D eigenvalue weighted by Crippen LogP contribution is 2.18. The predicted molar refractivity (Wildman–Crippen MR) is 92.1 cm³/mol. The summed E-state index contributed by atoms with van der Waals surface area (Å²) in [6.07, 6.45) is 0. The van der Waals surface area contributed by atoms with Crippen LogP contribution in [0.3, 0.4) is 0 Å². The van der Waals surface area contributed by atoms with E-state index in [0.29, 0.717) is 11.5 Å². The number of benzene rings is 2. The van der Waals surface area contributed by atoms with E-state index in [1.165, 1.54) is 10.7 Å². The number of tetrazole rings is 1. The normalized spacial score (nSPS) is 10.5. The Labute approximate surface area is 143 Å². The molecule has 3 rings (SSSR count). The molecule has 0 radical (unpaired) electrons. The zero-order valence-electron chi connectivity index (χ0n) is 13.8. The molecule has 0 aliphatic carbocycles. The molecular formula is C17H17FN6O. The van der Waals surface area contributed by atoms with E-state index in [4.69, 9.17) is 0 Å². The van der Waals surface area contributed by atoms with E-state index in [1.54, 1.807) is 19.1 Å². The molecule has 0 spiro atoms.